The number of aryl methyl sites for hydroxylation is 1. The van der Waals surface area contributed by atoms with Crippen LogP contribution < -0.4 is 4.74 Å². The smallest absolute Gasteiger partial charge is 0.225 e. The van der Waals surface area contributed by atoms with Gasteiger partial charge in [0.05, 0.1) is 18.7 Å². The minimum Gasteiger partial charge on any atom is -0.492 e. The first kappa shape index (κ1) is 15.0. The fraction of sp³-hybridized carbons (Fsp3) is 0.429. The molecule has 1 amide bonds. The summed E-state index contributed by atoms with van der Waals surface area (Å²) in [5, 5.41) is 12.1. The first-order valence-electron chi connectivity index (χ1n) is 6.08. The van der Waals surface area contributed by atoms with Crippen molar-refractivity contribution in [1.82, 2.24) is 4.90 Å². The first-order valence-corrected chi connectivity index (χ1v) is 6.08. The Bertz CT molecular complexity index is 482. The third-order valence-electron chi connectivity index (χ3n) is 2.75. The molecule has 0 atom stereocenters. The van der Waals surface area contributed by atoms with Gasteiger partial charge in [0.15, 0.2) is 0 Å². The monoisotopic (exact) mass is 264 g/mol. The van der Waals surface area contributed by atoms with Crippen LogP contribution in [0.5, 0.6) is 5.75 Å². The van der Waals surface area contributed by atoms with Gasteiger partial charge in [0.2, 0.25) is 5.91 Å². The number of nitrogens with zero attached hydrogens (tertiary/aromatic N) is 2. The van der Waals surface area contributed by atoms with Gasteiger partial charge < -0.3 is 14.8 Å². The minimum atomic E-state index is 0.0150. The number of rotatable bonds is 5. The van der Waals surface area contributed by atoms with Gasteiger partial charge in [0.1, 0.15) is 5.75 Å². The van der Waals surface area contributed by atoms with Crippen LogP contribution in [0.4, 0.5) is 0 Å². The van der Waals surface area contributed by atoms with E-state index in [4.69, 9.17) is 9.94 Å². The van der Waals surface area contributed by atoms with Crippen LogP contribution in [0.3, 0.4) is 0 Å². The lowest BCUT2D eigenvalue weighted by molar-refractivity contribution is -0.129. The molecule has 0 bridgehead atoms. The number of amides is 1. The van der Waals surface area contributed by atoms with Gasteiger partial charge in [0, 0.05) is 19.7 Å². The van der Waals surface area contributed by atoms with Crippen LogP contribution in [0.15, 0.2) is 23.4 Å². The summed E-state index contributed by atoms with van der Waals surface area (Å²) in [7, 11) is 3.42. The van der Waals surface area contributed by atoms with Crippen molar-refractivity contribution >= 4 is 11.6 Å². The fourth-order valence-corrected chi connectivity index (χ4v) is 1.58. The quantitative estimate of drug-likeness (QED) is 0.503. The average Bonchev–Trinajstić information content (AvgIpc) is 2.39. The third kappa shape index (κ3) is 4.28. The molecule has 104 valence electrons. The highest BCUT2D eigenvalue weighted by Crippen LogP contribution is 2.21. The molecule has 0 saturated heterocycles. The molecule has 0 saturated carbocycles. The topological polar surface area (TPSA) is 62.1 Å². The first-order chi connectivity index (χ1) is 8.95. The lowest BCUT2D eigenvalue weighted by Gasteiger charge is -2.13. The normalized spacial score (nSPS) is 11.3. The maximum absolute atomic E-state index is 11.4. The van der Waals surface area contributed by atoms with E-state index in [0.717, 1.165) is 11.1 Å². The molecule has 1 aromatic carbocycles. The molecule has 5 heteroatoms. The highest BCUT2D eigenvalue weighted by Gasteiger charge is 2.09. The summed E-state index contributed by atoms with van der Waals surface area (Å²) in [4.78, 5) is 13.0. The molecule has 0 unspecified atom stereocenters. The summed E-state index contributed by atoms with van der Waals surface area (Å²) in [6.07, 6.45) is 0.315. The molecule has 0 aromatic heterocycles. The number of hydrogen-bond donors (Lipinski definition) is 1. The Hall–Kier alpha value is -2.04. The van der Waals surface area contributed by atoms with Crippen molar-refractivity contribution in [2.75, 3.05) is 20.7 Å². The molecule has 0 spiro atoms. The maximum atomic E-state index is 11.4. The third-order valence-corrected chi connectivity index (χ3v) is 2.75. The van der Waals surface area contributed by atoms with Gasteiger partial charge in [-0.15, -0.1) is 0 Å². The lowest BCUT2D eigenvalue weighted by Crippen LogP contribution is -2.23. The van der Waals surface area contributed by atoms with Crippen molar-refractivity contribution in [1.29, 1.82) is 0 Å². The van der Waals surface area contributed by atoms with Crippen LogP contribution in [-0.2, 0) is 4.79 Å². The SMILES string of the molecule is C/C(=N\O)c1cc(C)ccc1OCCC(=O)N(C)C. The van der Waals surface area contributed by atoms with E-state index in [9.17, 15) is 4.79 Å². The number of benzene rings is 1. The van der Waals surface area contributed by atoms with Crippen LogP contribution in [0.2, 0.25) is 0 Å². The number of ether oxygens (including phenoxy) is 1. The van der Waals surface area contributed by atoms with E-state index in [1.807, 2.05) is 25.1 Å². The number of carbonyl (C=O) groups is 1. The highest BCUT2D eigenvalue weighted by molar-refractivity contribution is 6.00. The summed E-state index contributed by atoms with van der Waals surface area (Å²) in [5.74, 6) is 0.633. The second kappa shape index (κ2) is 6.78. The van der Waals surface area contributed by atoms with Crippen LogP contribution in [0.25, 0.3) is 0 Å². The Morgan fingerprint density at radius 3 is 2.68 bits per heavy atom. The number of oxime groups is 1. The van der Waals surface area contributed by atoms with E-state index < -0.39 is 0 Å². The van der Waals surface area contributed by atoms with Crippen LogP contribution >= 0.6 is 0 Å². The summed E-state index contributed by atoms with van der Waals surface area (Å²) in [5.41, 5.74) is 2.27. The molecule has 5 nitrogen and oxygen atoms in total. The Morgan fingerprint density at radius 2 is 2.11 bits per heavy atom. The molecule has 0 radical (unpaired) electrons. The van der Waals surface area contributed by atoms with Crippen molar-refractivity contribution in [3.8, 4) is 5.75 Å². The largest absolute Gasteiger partial charge is 0.492 e. The number of carbonyl (C=O) groups excluding carboxylic acids is 1. The summed E-state index contributed by atoms with van der Waals surface area (Å²) in [6.45, 7) is 3.95. The molecule has 1 aromatic rings. The molecule has 0 fully saturated rings. The lowest BCUT2D eigenvalue weighted by atomic mass is 10.1. The van der Waals surface area contributed by atoms with Crippen molar-refractivity contribution < 1.29 is 14.7 Å². The molecule has 0 aliphatic carbocycles. The van der Waals surface area contributed by atoms with Gasteiger partial charge in [-0.25, -0.2) is 0 Å². The highest BCUT2D eigenvalue weighted by atomic mass is 16.5. The molecule has 19 heavy (non-hydrogen) atoms. The predicted molar refractivity (Wildman–Crippen MR) is 74.0 cm³/mol. The molecular formula is C14H20N2O3. The van der Waals surface area contributed by atoms with Gasteiger partial charge in [-0.3, -0.25) is 4.79 Å². The van der Waals surface area contributed by atoms with Gasteiger partial charge in [-0.1, -0.05) is 16.8 Å². The van der Waals surface area contributed by atoms with Crippen molar-refractivity contribution in [2.45, 2.75) is 20.3 Å². The standard InChI is InChI=1S/C14H20N2O3/c1-10-5-6-13(12(9-10)11(2)15-18)19-8-7-14(17)16(3)4/h5-6,9,18H,7-8H2,1-4H3/b15-11+. The maximum Gasteiger partial charge on any atom is 0.225 e. The molecule has 1 rings (SSSR count). The Balaban J connectivity index is 2.76. The minimum absolute atomic E-state index is 0.0150. The zero-order chi connectivity index (χ0) is 14.4. The van der Waals surface area contributed by atoms with Crippen LogP contribution in [-0.4, -0.2) is 42.4 Å². The Labute approximate surface area is 113 Å². The van der Waals surface area contributed by atoms with Crippen molar-refractivity contribution in [3.63, 3.8) is 0 Å². The fourth-order valence-electron chi connectivity index (χ4n) is 1.58. The van der Waals surface area contributed by atoms with Crippen LogP contribution in [0.1, 0.15) is 24.5 Å². The van der Waals surface area contributed by atoms with Crippen LogP contribution in [0, 0.1) is 6.92 Å². The van der Waals surface area contributed by atoms with Gasteiger partial charge >= 0.3 is 0 Å². The molecule has 0 heterocycles. The van der Waals surface area contributed by atoms with Crippen molar-refractivity contribution in [2.24, 2.45) is 5.16 Å². The average molecular weight is 264 g/mol. The molecule has 0 aliphatic heterocycles. The summed E-state index contributed by atoms with van der Waals surface area (Å²) < 4.78 is 5.60. The van der Waals surface area contributed by atoms with E-state index in [1.165, 1.54) is 4.90 Å². The summed E-state index contributed by atoms with van der Waals surface area (Å²) in [6, 6.07) is 5.62. The predicted octanol–water partition coefficient (Wildman–Crippen LogP) is 2.05. The molecular weight excluding hydrogens is 244 g/mol. The van der Waals surface area contributed by atoms with Gasteiger partial charge in [0.25, 0.3) is 0 Å². The second-order valence-electron chi connectivity index (χ2n) is 4.57. The van der Waals surface area contributed by atoms with E-state index >= 15 is 0 Å². The van der Waals surface area contributed by atoms with E-state index in [2.05, 4.69) is 5.16 Å². The van der Waals surface area contributed by atoms with E-state index in [-0.39, 0.29) is 5.91 Å². The summed E-state index contributed by atoms with van der Waals surface area (Å²) >= 11 is 0. The van der Waals surface area contributed by atoms with Gasteiger partial charge in [-0.05, 0) is 26.0 Å². The second-order valence-corrected chi connectivity index (χ2v) is 4.57. The zero-order valence-corrected chi connectivity index (χ0v) is 11.8. The Morgan fingerprint density at radius 1 is 1.42 bits per heavy atom. The van der Waals surface area contributed by atoms with Gasteiger partial charge in [-0.2, -0.15) is 0 Å². The zero-order valence-electron chi connectivity index (χ0n) is 11.8. The van der Waals surface area contributed by atoms with Crippen molar-refractivity contribution in [3.05, 3.63) is 29.3 Å². The number of hydrogen-bond acceptors (Lipinski definition) is 4. The van der Waals surface area contributed by atoms with E-state index in [0.29, 0.717) is 24.5 Å². The Kier molecular flexibility index (Phi) is 5.36. The van der Waals surface area contributed by atoms with E-state index in [1.54, 1.807) is 21.0 Å². The molecule has 1 N–H and O–H groups in total. The molecule has 0 aliphatic rings.